The minimum absolute atomic E-state index is 0.716. The van der Waals surface area contributed by atoms with Crippen LogP contribution in [0, 0.1) is 0 Å². The number of para-hydroxylation sites is 1. The van der Waals surface area contributed by atoms with Crippen LogP contribution in [0.4, 0.5) is 5.69 Å². The summed E-state index contributed by atoms with van der Waals surface area (Å²) in [5.74, 6) is 0.941. The van der Waals surface area contributed by atoms with Crippen molar-refractivity contribution in [1.82, 2.24) is 19.7 Å². The van der Waals surface area contributed by atoms with E-state index in [-0.39, 0.29) is 0 Å². The van der Waals surface area contributed by atoms with E-state index in [0.717, 1.165) is 23.5 Å². The highest BCUT2D eigenvalue weighted by Crippen LogP contribution is 2.27. The lowest BCUT2D eigenvalue weighted by atomic mass is 10.1. The van der Waals surface area contributed by atoms with Crippen LogP contribution < -0.4 is 4.90 Å². The van der Waals surface area contributed by atoms with Gasteiger partial charge in [0.15, 0.2) is 0 Å². The Morgan fingerprint density at radius 2 is 2.05 bits per heavy atom. The molecular formula is C16H19N5. The van der Waals surface area contributed by atoms with Crippen LogP contribution in [-0.2, 0) is 20.0 Å². The zero-order valence-electron chi connectivity index (χ0n) is 12.6. The molecule has 5 nitrogen and oxygen atoms in total. The minimum Gasteiger partial charge on any atom is -0.366 e. The zero-order chi connectivity index (χ0) is 14.8. The van der Waals surface area contributed by atoms with Gasteiger partial charge in [-0.05, 0) is 18.6 Å². The van der Waals surface area contributed by atoms with E-state index in [1.807, 2.05) is 13.1 Å². The number of fused-ring (bicyclic) bond motifs is 1. The van der Waals surface area contributed by atoms with Gasteiger partial charge in [-0.1, -0.05) is 25.1 Å². The summed E-state index contributed by atoms with van der Waals surface area (Å²) in [6.45, 7) is 2.84. The van der Waals surface area contributed by atoms with Gasteiger partial charge in [-0.2, -0.15) is 5.10 Å². The fraction of sp³-hybridized carbons (Fsp3) is 0.312. The molecule has 0 fully saturated rings. The normalized spacial score (nSPS) is 11.0. The number of aryl methyl sites for hydroxylation is 2. The fourth-order valence-electron chi connectivity index (χ4n) is 2.47. The van der Waals surface area contributed by atoms with Gasteiger partial charge < -0.3 is 4.90 Å². The fourth-order valence-corrected chi connectivity index (χ4v) is 2.47. The van der Waals surface area contributed by atoms with Crippen molar-refractivity contribution >= 4 is 16.6 Å². The third-order valence-electron chi connectivity index (χ3n) is 3.70. The number of pyridine rings is 1. The third-order valence-corrected chi connectivity index (χ3v) is 3.70. The Morgan fingerprint density at radius 3 is 2.76 bits per heavy atom. The van der Waals surface area contributed by atoms with Gasteiger partial charge >= 0.3 is 0 Å². The third kappa shape index (κ3) is 2.59. The average Bonchev–Trinajstić information content (AvgIpc) is 2.91. The highest BCUT2D eigenvalue weighted by molar-refractivity contribution is 5.91. The first kappa shape index (κ1) is 13.5. The quantitative estimate of drug-likeness (QED) is 0.737. The van der Waals surface area contributed by atoms with Crippen molar-refractivity contribution in [2.24, 2.45) is 7.05 Å². The van der Waals surface area contributed by atoms with Crippen molar-refractivity contribution in [2.75, 3.05) is 11.9 Å². The Morgan fingerprint density at radius 1 is 1.24 bits per heavy atom. The van der Waals surface area contributed by atoms with E-state index < -0.39 is 0 Å². The molecule has 0 saturated carbocycles. The number of hydrogen-bond donors (Lipinski definition) is 0. The summed E-state index contributed by atoms with van der Waals surface area (Å²) in [4.78, 5) is 11.2. The van der Waals surface area contributed by atoms with Crippen LogP contribution >= 0.6 is 0 Å². The highest BCUT2D eigenvalue weighted by atomic mass is 15.3. The number of rotatable bonds is 4. The van der Waals surface area contributed by atoms with Crippen molar-refractivity contribution < 1.29 is 0 Å². The van der Waals surface area contributed by atoms with Crippen molar-refractivity contribution in [3.8, 4) is 0 Å². The van der Waals surface area contributed by atoms with E-state index >= 15 is 0 Å². The second-order valence-corrected chi connectivity index (χ2v) is 5.16. The Balaban J connectivity index is 2.04. The SMILES string of the molecule is CCc1cc(N(C)Cc2ncnn2C)c2ccccc2n1. The van der Waals surface area contributed by atoms with Gasteiger partial charge in [-0.3, -0.25) is 9.67 Å². The molecule has 0 unspecified atom stereocenters. The number of hydrogen-bond acceptors (Lipinski definition) is 4. The van der Waals surface area contributed by atoms with Gasteiger partial charge in [0.05, 0.1) is 12.1 Å². The molecular weight excluding hydrogens is 262 g/mol. The Hall–Kier alpha value is -2.43. The van der Waals surface area contributed by atoms with E-state index in [2.05, 4.69) is 53.2 Å². The van der Waals surface area contributed by atoms with Crippen molar-refractivity contribution in [2.45, 2.75) is 19.9 Å². The number of nitrogens with zero attached hydrogens (tertiary/aromatic N) is 5. The molecule has 2 aromatic heterocycles. The van der Waals surface area contributed by atoms with Crippen molar-refractivity contribution in [3.05, 3.63) is 48.2 Å². The second-order valence-electron chi connectivity index (χ2n) is 5.16. The predicted molar refractivity (Wildman–Crippen MR) is 84.2 cm³/mol. The maximum absolute atomic E-state index is 4.69. The molecule has 0 radical (unpaired) electrons. The molecule has 3 aromatic rings. The van der Waals surface area contributed by atoms with Gasteiger partial charge in [0.25, 0.3) is 0 Å². The molecule has 0 N–H and O–H groups in total. The summed E-state index contributed by atoms with van der Waals surface area (Å²) < 4.78 is 1.81. The van der Waals surface area contributed by atoms with Crippen LogP contribution in [0.15, 0.2) is 36.7 Å². The van der Waals surface area contributed by atoms with Gasteiger partial charge in [0.1, 0.15) is 12.2 Å². The summed E-state index contributed by atoms with van der Waals surface area (Å²) in [6, 6.07) is 10.4. The standard InChI is InChI=1S/C16H19N5/c1-4-12-9-15(13-7-5-6-8-14(13)19-12)20(2)10-16-17-11-18-21(16)3/h5-9,11H,4,10H2,1-3H3. The molecule has 0 spiro atoms. The first-order chi connectivity index (χ1) is 10.2. The van der Waals surface area contributed by atoms with E-state index in [1.54, 1.807) is 11.0 Å². The average molecular weight is 281 g/mol. The molecule has 2 heterocycles. The summed E-state index contributed by atoms with van der Waals surface area (Å²) in [5, 5.41) is 5.29. The first-order valence-electron chi connectivity index (χ1n) is 7.11. The van der Waals surface area contributed by atoms with Gasteiger partial charge in [0, 0.05) is 30.9 Å². The van der Waals surface area contributed by atoms with Crippen LogP contribution in [0.2, 0.25) is 0 Å². The Bertz CT molecular complexity index is 762. The van der Waals surface area contributed by atoms with Gasteiger partial charge in [-0.15, -0.1) is 0 Å². The summed E-state index contributed by atoms with van der Waals surface area (Å²) >= 11 is 0. The molecule has 0 atom stereocenters. The molecule has 0 bridgehead atoms. The molecule has 1 aromatic carbocycles. The number of anilines is 1. The zero-order valence-corrected chi connectivity index (χ0v) is 12.6. The van der Waals surface area contributed by atoms with Crippen LogP contribution in [0.1, 0.15) is 18.4 Å². The molecule has 0 amide bonds. The molecule has 3 rings (SSSR count). The lowest BCUT2D eigenvalue weighted by Crippen LogP contribution is -2.20. The van der Waals surface area contributed by atoms with E-state index in [9.17, 15) is 0 Å². The molecule has 0 aliphatic rings. The van der Waals surface area contributed by atoms with E-state index in [4.69, 9.17) is 4.98 Å². The number of aromatic nitrogens is 4. The molecule has 0 aliphatic carbocycles. The van der Waals surface area contributed by atoms with Crippen molar-refractivity contribution in [3.63, 3.8) is 0 Å². The number of benzene rings is 1. The first-order valence-corrected chi connectivity index (χ1v) is 7.11. The molecule has 21 heavy (non-hydrogen) atoms. The van der Waals surface area contributed by atoms with Gasteiger partial charge in [-0.25, -0.2) is 4.98 Å². The van der Waals surface area contributed by atoms with Crippen LogP contribution in [0.5, 0.6) is 0 Å². The maximum atomic E-state index is 4.69. The van der Waals surface area contributed by atoms with Crippen LogP contribution in [0.3, 0.4) is 0 Å². The van der Waals surface area contributed by atoms with Gasteiger partial charge in [0.2, 0.25) is 0 Å². The maximum Gasteiger partial charge on any atom is 0.146 e. The summed E-state index contributed by atoms with van der Waals surface area (Å²) in [6.07, 6.45) is 2.51. The summed E-state index contributed by atoms with van der Waals surface area (Å²) in [7, 11) is 3.99. The monoisotopic (exact) mass is 281 g/mol. The van der Waals surface area contributed by atoms with Crippen LogP contribution in [-0.4, -0.2) is 26.8 Å². The lowest BCUT2D eigenvalue weighted by molar-refractivity contribution is 0.689. The molecule has 0 saturated heterocycles. The van der Waals surface area contributed by atoms with Crippen molar-refractivity contribution in [1.29, 1.82) is 0 Å². The topological polar surface area (TPSA) is 46.8 Å². The molecule has 0 aliphatic heterocycles. The van der Waals surface area contributed by atoms with Crippen LogP contribution in [0.25, 0.3) is 10.9 Å². The van der Waals surface area contributed by atoms with E-state index in [1.165, 1.54) is 11.1 Å². The molecule has 108 valence electrons. The summed E-state index contributed by atoms with van der Waals surface area (Å²) in [5.41, 5.74) is 3.32. The predicted octanol–water partition coefficient (Wildman–Crippen LogP) is 2.56. The highest BCUT2D eigenvalue weighted by Gasteiger charge is 2.11. The Kier molecular flexibility index (Phi) is 3.56. The van der Waals surface area contributed by atoms with E-state index in [0.29, 0.717) is 6.54 Å². The smallest absolute Gasteiger partial charge is 0.146 e. The lowest BCUT2D eigenvalue weighted by Gasteiger charge is -2.21. The Labute approximate surface area is 124 Å². The largest absolute Gasteiger partial charge is 0.366 e. The minimum atomic E-state index is 0.716. The second kappa shape index (κ2) is 5.52. The molecule has 5 heteroatoms.